The van der Waals surface area contributed by atoms with Gasteiger partial charge in [0.2, 0.25) is 5.91 Å². The summed E-state index contributed by atoms with van der Waals surface area (Å²) in [5.41, 5.74) is -0.488. The summed E-state index contributed by atoms with van der Waals surface area (Å²) in [6.45, 7) is 0. The molecule has 0 aliphatic carbocycles. The maximum Gasteiger partial charge on any atom is 0.210 e. The van der Waals surface area contributed by atoms with E-state index >= 15 is 0 Å². The summed E-state index contributed by atoms with van der Waals surface area (Å²) in [6.07, 6.45) is 0. The molecule has 2 N–H and O–H groups in total. The molecule has 3 nitrogen and oxygen atoms in total. The van der Waals surface area contributed by atoms with Gasteiger partial charge in [0.15, 0.2) is 0 Å². The maximum atomic E-state index is 11.0. The average molecular weight is 171 g/mol. The molecule has 0 aromatic heterocycles. The second-order valence-corrected chi connectivity index (χ2v) is 2.56. The van der Waals surface area contributed by atoms with Gasteiger partial charge in [0.25, 0.3) is 0 Å². The number of nitrogens with one attached hydrogen (secondary N) is 1. The summed E-state index contributed by atoms with van der Waals surface area (Å²) in [7, 11) is 10.3. The molecule has 0 heterocycles. The van der Waals surface area contributed by atoms with E-state index in [-0.39, 0.29) is 5.75 Å². The number of anilines is 1. The zero-order valence-electron chi connectivity index (χ0n) is 6.90. The lowest BCUT2D eigenvalue weighted by Gasteiger charge is -2.07. The third-order valence-corrected chi connectivity index (χ3v) is 1.44. The minimum absolute atomic E-state index is 0.134. The van der Waals surface area contributed by atoms with E-state index in [1.54, 1.807) is 12.1 Å². The molecule has 0 spiro atoms. The second kappa shape index (κ2) is 4.03. The fraction of sp³-hybridized carbons (Fsp3) is 0.125. The summed E-state index contributed by atoms with van der Waals surface area (Å²) in [5.74, 6) is -0.333. The van der Waals surface area contributed by atoms with Crippen molar-refractivity contribution in [1.82, 2.24) is 0 Å². The van der Waals surface area contributed by atoms with Crippen molar-refractivity contribution < 1.29 is 9.90 Å². The topological polar surface area (TPSA) is 49.3 Å². The third-order valence-electron chi connectivity index (χ3n) is 1.44. The van der Waals surface area contributed by atoms with Crippen LogP contribution >= 0.6 is 0 Å². The Hall–Kier alpha value is -1.38. The van der Waals surface area contributed by atoms with E-state index in [1.165, 1.54) is 12.1 Å². The first-order valence-corrected chi connectivity index (χ1v) is 3.70. The molecule has 1 rings (SSSR count). The van der Waals surface area contributed by atoms with Crippen LogP contribution in [0.15, 0.2) is 24.3 Å². The van der Waals surface area contributed by atoms with Crippen molar-refractivity contribution in [3.05, 3.63) is 24.3 Å². The molecule has 62 valence electrons. The van der Waals surface area contributed by atoms with Crippen LogP contribution in [0.3, 0.4) is 0 Å². The highest BCUT2D eigenvalue weighted by atomic mass is 16.3. The second-order valence-electron chi connectivity index (χ2n) is 2.56. The summed E-state index contributed by atoms with van der Waals surface area (Å²) in [4.78, 5) is 11.0. The van der Waals surface area contributed by atoms with Crippen molar-refractivity contribution in [2.24, 2.45) is 0 Å². The number of amides is 1. The monoisotopic (exact) mass is 171 g/mol. The smallest absolute Gasteiger partial charge is 0.210 e. The summed E-state index contributed by atoms with van der Waals surface area (Å²) >= 11 is 0. The van der Waals surface area contributed by atoms with Crippen LogP contribution in [-0.2, 0) is 4.79 Å². The van der Waals surface area contributed by atoms with E-state index in [9.17, 15) is 4.79 Å². The Bertz CT molecular complexity index is 298. The van der Waals surface area contributed by atoms with Crippen LogP contribution in [0.4, 0.5) is 5.69 Å². The average Bonchev–Trinajstić information content (AvgIpc) is 2.08. The van der Waals surface area contributed by atoms with Gasteiger partial charge in [0.1, 0.15) is 5.75 Å². The van der Waals surface area contributed by atoms with Gasteiger partial charge >= 0.3 is 0 Å². The number of rotatable bonds is 2. The fourth-order valence-electron chi connectivity index (χ4n) is 0.770. The molecule has 0 aliphatic rings. The van der Waals surface area contributed by atoms with E-state index in [0.29, 0.717) is 5.69 Å². The molecule has 0 fully saturated rings. The molecule has 1 amide bonds. The molecule has 0 atom stereocenters. The minimum atomic E-state index is -1.03. The molecule has 4 radical (unpaired) electrons. The highest BCUT2D eigenvalue weighted by molar-refractivity contribution is 6.47. The van der Waals surface area contributed by atoms with Gasteiger partial charge in [0.05, 0.1) is 15.7 Å². The van der Waals surface area contributed by atoms with Crippen molar-refractivity contribution >= 4 is 27.3 Å². The molecule has 0 saturated heterocycles. The number of benzene rings is 1. The first kappa shape index (κ1) is 9.71. The Labute approximate surface area is 79.0 Å². The Morgan fingerprint density at radius 1 is 1.31 bits per heavy atom. The molecule has 0 unspecified atom stereocenters. The van der Waals surface area contributed by atoms with Gasteiger partial charge in [-0.3, -0.25) is 4.79 Å². The standard InChI is InChI=1S/C8H7B2NO2/c9-7(10)8(13)11-5-1-3-6(12)4-2-5/h1-4,7,12H,(H,11,13). The Morgan fingerprint density at radius 2 is 1.85 bits per heavy atom. The van der Waals surface area contributed by atoms with Crippen molar-refractivity contribution in [2.45, 2.75) is 5.72 Å². The molecule has 0 bridgehead atoms. The third kappa shape index (κ3) is 2.86. The highest BCUT2D eigenvalue weighted by Gasteiger charge is 2.05. The van der Waals surface area contributed by atoms with Gasteiger partial charge in [-0.25, -0.2) is 0 Å². The number of hydrogen-bond donors (Lipinski definition) is 2. The Kier molecular flexibility index (Phi) is 3.01. The number of carbonyl (C=O) groups excluding carboxylic acids is 1. The zero-order chi connectivity index (χ0) is 9.84. The first-order chi connectivity index (χ1) is 6.09. The van der Waals surface area contributed by atoms with Crippen molar-refractivity contribution in [2.75, 3.05) is 5.32 Å². The highest BCUT2D eigenvalue weighted by Crippen LogP contribution is 2.14. The summed E-state index contributed by atoms with van der Waals surface area (Å²) in [5, 5.41) is 11.4. The van der Waals surface area contributed by atoms with E-state index < -0.39 is 11.6 Å². The van der Waals surface area contributed by atoms with Crippen LogP contribution in [0.5, 0.6) is 5.75 Å². The van der Waals surface area contributed by atoms with Crippen LogP contribution in [0.1, 0.15) is 0 Å². The van der Waals surface area contributed by atoms with Crippen LogP contribution in [0, 0.1) is 0 Å². The summed E-state index contributed by atoms with van der Waals surface area (Å²) in [6, 6.07) is 6.01. The van der Waals surface area contributed by atoms with Crippen molar-refractivity contribution in [1.29, 1.82) is 0 Å². The minimum Gasteiger partial charge on any atom is -0.508 e. The van der Waals surface area contributed by atoms with Crippen LogP contribution in [-0.4, -0.2) is 26.7 Å². The molecular weight excluding hydrogens is 164 g/mol. The van der Waals surface area contributed by atoms with Crippen molar-refractivity contribution in [3.63, 3.8) is 0 Å². The van der Waals surface area contributed by atoms with E-state index in [0.717, 1.165) is 0 Å². The molecule has 13 heavy (non-hydrogen) atoms. The van der Waals surface area contributed by atoms with Crippen molar-refractivity contribution in [3.8, 4) is 5.75 Å². The van der Waals surface area contributed by atoms with Gasteiger partial charge in [-0.1, -0.05) is 0 Å². The summed E-state index contributed by atoms with van der Waals surface area (Å²) < 4.78 is 0. The number of hydrogen-bond acceptors (Lipinski definition) is 2. The van der Waals surface area contributed by atoms with E-state index in [4.69, 9.17) is 20.8 Å². The van der Waals surface area contributed by atoms with Gasteiger partial charge in [0, 0.05) is 5.69 Å². The lowest BCUT2D eigenvalue weighted by molar-refractivity contribution is -0.114. The SMILES string of the molecule is [B]C([B])C(=O)Nc1ccc(O)cc1. The number of phenolic OH excluding ortho intramolecular Hbond substituents is 1. The number of phenols is 1. The molecule has 0 saturated carbocycles. The molecule has 5 heteroatoms. The molecule has 1 aromatic carbocycles. The predicted molar refractivity (Wildman–Crippen MR) is 52.0 cm³/mol. The van der Waals surface area contributed by atoms with E-state index in [2.05, 4.69) is 5.32 Å². The lowest BCUT2D eigenvalue weighted by atomic mass is 9.70. The van der Waals surface area contributed by atoms with Gasteiger partial charge in [-0.15, -0.1) is 0 Å². The normalized spacial score (nSPS) is 9.92. The van der Waals surface area contributed by atoms with Gasteiger partial charge < -0.3 is 10.4 Å². The van der Waals surface area contributed by atoms with Crippen LogP contribution in [0.25, 0.3) is 0 Å². The Balaban J connectivity index is 2.65. The maximum absolute atomic E-state index is 11.0. The number of aromatic hydroxyl groups is 1. The lowest BCUT2D eigenvalue weighted by Crippen LogP contribution is -2.18. The van der Waals surface area contributed by atoms with Gasteiger partial charge in [-0.05, 0) is 30.0 Å². The molecular formula is C8H7B2NO2. The first-order valence-electron chi connectivity index (χ1n) is 3.70. The van der Waals surface area contributed by atoms with Crippen LogP contribution < -0.4 is 5.32 Å². The number of carbonyl (C=O) groups is 1. The zero-order valence-corrected chi connectivity index (χ0v) is 6.90. The molecule has 1 aromatic rings. The largest absolute Gasteiger partial charge is 0.508 e. The Morgan fingerprint density at radius 3 is 2.31 bits per heavy atom. The fourth-order valence-corrected chi connectivity index (χ4v) is 0.770. The van der Waals surface area contributed by atoms with Gasteiger partial charge in [-0.2, -0.15) is 0 Å². The van der Waals surface area contributed by atoms with E-state index in [1.807, 2.05) is 0 Å². The quantitative estimate of drug-likeness (QED) is 0.499. The van der Waals surface area contributed by atoms with Crippen LogP contribution in [0.2, 0.25) is 5.72 Å². The predicted octanol–water partition coefficient (Wildman–Crippen LogP) is 0.414. The molecule has 0 aliphatic heterocycles.